The molecule has 21 heavy (non-hydrogen) atoms. The third kappa shape index (κ3) is 4.20. The molecule has 1 saturated carbocycles. The van der Waals surface area contributed by atoms with Gasteiger partial charge in [-0.15, -0.1) is 0 Å². The number of nitrogens with one attached hydrogen (secondary N) is 1. The van der Waals surface area contributed by atoms with Gasteiger partial charge in [0.05, 0.1) is 11.2 Å². The van der Waals surface area contributed by atoms with Gasteiger partial charge in [0, 0.05) is 25.2 Å². The summed E-state index contributed by atoms with van der Waals surface area (Å²) in [5.41, 5.74) is -0.102. The lowest BCUT2D eigenvalue weighted by Gasteiger charge is -2.53. The van der Waals surface area contributed by atoms with Crippen LogP contribution in [0.3, 0.4) is 0 Å². The summed E-state index contributed by atoms with van der Waals surface area (Å²) in [4.78, 5) is 2.71. The van der Waals surface area contributed by atoms with Crippen molar-refractivity contribution in [3.05, 3.63) is 0 Å². The maximum Gasteiger partial charge on any atom is 0.0760 e. The molecule has 0 bridgehead atoms. The number of nitrogens with zero attached hydrogens (tertiary/aromatic N) is 1. The van der Waals surface area contributed by atoms with E-state index in [0.29, 0.717) is 12.1 Å². The number of hydrogen-bond acceptors (Lipinski definition) is 3. The van der Waals surface area contributed by atoms with Gasteiger partial charge >= 0.3 is 0 Å². The first kappa shape index (κ1) is 17.2. The Morgan fingerprint density at radius 2 is 1.62 bits per heavy atom. The highest BCUT2D eigenvalue weighted by Crippen LogP contribution is 2.37. The van der Waals surface area contributed by atoms with Crippen LogP contribution in [0.25, 0.3) is 0 Å². The number of hydrogen-bond donors (Lipinski definition) is 1. The maximum absolute atomic E-state index is 6.26. The molecule has 2 aliphatic rings. The highest BCUT2D eigenvalue weighted by Gasteiger charge is 2.43. The molecule has 3 unspecified atom stereocenters. The zero-order chi connectivity index (χ0) is 15.8. The van der Waals surface area contributed by atoms with Gasteiger partial charge in [-0.25, -0.2) is 0 Å². The highest BCUT2D eigenvalue weighted by molar-refractivity contribution is 4.98. The van der Waals surface area contributed by atoms with Crippen molar-refractivity contribution in [2.75, 3.05) is 20.1 Å². The molecule has 1 aliphatic carbocycles. The van der Waals surface area contributed by atoms with Gasteiger partial charge in [-0.05, 0) is 65.8 Å². The van der Waals surface area contributed by atoms with Gasteiger partial charge in [-0.2, -0.15) is 0 Å². The van der Waals surface area contributed by atoms with Crippen LogP contribution in [0.4, 0.5) is 0 Å². The van der Waals surface area contributed by atoms with Crippen molar-refractivity contribution in [1.29, 1.82) is 0 Å². The van der Waals surface area contributed by atoms with Gasteiger partial charge in [-0.3, -0.25) is 4.90 Å². The maximum atomic E-state index is 6.26. The first-order valence-corrected chi connectivity index (χ1v) is 8.75. The SMILES string of the molecule is CNC1CCC(C(C)C)CC1N1CC(C)(C)OC(C)(C)C1. The lowest BCUT2D eigenvalue weighted by atomic mass is 9.75. The quantitative estimate of drug-likeness (QED) is 0.865. The number of morpholine rings is 1. The Labute approximate surface area is 131 Å². The molecule has 1 saturated heterocycles. The third-order valence-corrected chi connectivity index (χ3v) is 5.36. The molecule has 3 atom stereocenters. The minimum absolute atomic E-state index is 0.0508. The average Bonchev–Trinajstić information content (AvgIpc) is 2.34. The molecule has 0 radical (unpaired) electrons. The summed E-state index contributed by atoms with van der Waals surface area (Å²) in [6.45, 7) is 15.8. The summed E-state index contributed by atoms with van der Waals surface area (Å²) < 4.78 is 6.26. The molecule has 0 aromatic heterocycles. The normalized spacial score (nSPS) is 36.9. The topological polar surface area (TPSA) is 24.5 Å². The van der Waals surface area contributed by atoms with Crippen molar-refractivity contribution >= 4 is 0 Å². The zero-order valence-corrected chi connectivity index (χ0v) is 15.2. The van der Waals surface area contributed by atoms with Crippen LogP contribution in [0.5, 0.6) is 0 Å². The van der Waals surface area contributed by atoms with Crippen molar-refractivity contribution in [3.63, 3.8) is 0 Å². The van der Waals surface area contributed by atoms with E-state index in [2.05, 4.69) is 58.8 Å². The van der Waals surface area contributed by atoms with Gasteiger partial charge in [0.2, 0.25) is 0 Å². The van der Waals surface area contributed by atoms with Crippen LogP contribution in [-0.2, 0) is 4.74 Å². The van der Waals surface area contributed by atoms with Crippen LogP contribution < -0.4 is 5.32 Å². The van der Waals surface area contributed by atoms with E-state index in [9.17, 15) is 0 Å². The summed E-state index contributed by atoms with van der Waals surface area (Å²) in [7, 11) is 2.13. The number of likely N-dealkylation sites (N-methyl/N-ethyl adjacent to an activating group) is 1. The average molecular weight is 296 g/mol. The molecular formula is C18H36N2O. The monoisotopic (exact) mass is 296 g/mol. The lowest BCUT2D eigenvalue weighted by molar-refractivity contribution is -0.192. The molecule has 2 rings (SSSR count). The first-order chi connectivity index (χ1) is 9.63. The van der Waals surface area contributed by atoms with Crippen molar-refractivity contribution in [3.8, 4) is 0 Å². The van der Waals surface area contributed by atoms with Crippen LogP contribution in [0.15, 0.2) is 0 Å². The minimum atomic E-state index is -0.0508. The second-order valence-corrected chi connectivity index (χ2v) is 8.81. The van der Waals surface area contributed by atoms with Crippen molar-refractivity contribution in [1.82, 2.24) is 10.2 Å². The van der Waals surface area contributed by atoms with E-state index >= 15 is 0 Å². The van der Waals surface area contributed by atoms with Crippen LogP contribution in [0.2, 0.25) is 0 Å². The number of ether oxygens (including phenoxy) is 1. The fourth-order valence-electron chi connectivity index (χ4n) is 4.61. The predicted molar refractivity (Wildman–Crippen MR) is 89.6 cm³/mol. The Hall–Kier alpha value is -0.120. The summed E-state index contributed by atoms with van der Waals surface area (Å²) in [6.07, 6.45) is 4.01. The Morgan fingerprint density at radius 3 is 2.10 bits per heavy atom. The Balaban J connectivity index is 2.15. The Bertz CT molecular complexity index is 335. The second kappa shape index (κ2) is 6.17. The highest BCUT2D eigenvalue weighted by atomic mass is 16.5. The van der Waals surface area contributed by atoms with Crippen LogP contribution in [0, 0.1) is 11.8 Å². The van der Waals surface area contributed by atoms with E-state index in [1.165, 1.54) is 19.3 Å². The Kier molecular flexibility index (Phi) is 5.07. The van der Waals surface area contributed by atoms with E-state index in [-0.39, 0.29) is 11.2 Å². The standard InChI is InChI=1S/C18H36N2O/c1-13(2)14-8-9-15(19-7)16(10-14)20-11-17(3,4)21-18(5,6)12-20/h13-16,19H,8-12H2,1-7H3. The lowest BCUT2D eigenvalue weighted by Crippen LogP contribution is -2.64. The van der Waals surface area contributed by atoms with Crippen LogP contribution in [0.1, 0.15) is 60.8 Å². The molecule has 0 aromatic carbocycles. The molecule has 3 heteroatoms. The molecule has 3 nitrogen and oxygen atoms in total. The molecule has 0 spiro atoms. The molecule has 0 aromatic rings. The van der Waals surface area contributed by atoms with E-state index in [1.54, 1.807) is 0 Å². The van der Waals surface area contributed by atoms with Gasteiger partial charge < -0.3 is 10.1 Å². The predicted octanol–water partition coefficient (Wildman–Crippen LogP) is 3.29. The van der Waals surface area contributed by atoms with Gasteiger partial charge in [0.15, 0.2) is 0 Å². The van der Waals surface area contributed by atoms with Crippen molar-refractivity contribution < 1.29 is 4.74 Å². The van der Waals surface area contributed by atoms with E-state index in [0.717, 1.165) is 24.9 Å². The largest absolute Gasteiger partial charge is 0.367 e. The summed E-state index contributed by atoms with van der Waals surface area (Å²) in [5, 5.41) is 3.58. The second-order valence-electron chi connectivity index (χ2n) is 8.81. The number of rotatable bonds is 3. The summed E-state index contributed by atoms with van der Waals surface area (Å²) in [5.74, 6) is 1.67. The smallest absolute Gasteiger partial charge is 0.0760 e. The molecule has 1 heterocycles. The molecule has 0 amide bonds. The molecular weight excluding hydrogens is 260 g/mol. The molecule has 124 valence electrons. The zero-order valence-electron chi connectivity index (χ0n) is 15.2. The van der Waals surface area contributed by atoms with Crippen molar-refractivity contribution in [2.45, 2.75) is 84.1 Å². The van der Waals surface area contributed by atoms with Gasteiger partial charge in [0.1, 0.15) is 0 Å². The van der Waals surface area contributed by atoms with Gasteiger partial charge in [-0.1, -0.05) is 13.8 Å². The minimum Gasteiger partial charge on any atom is -0.367 e. The fraction of sp³-hybridized carbons (Fsp3) is 1.00. The molecule has 2 fully saturated rings. The fourth-order valence-corrected chi connectivity index (χ4v) is 4.61. The van der Waals surface area contributed by atoms with Crippen LogP contribution >= 0.6 is 0 Å². The molecule has 1 N–H and O–H groups in total. The third-order valence-electron chi connectivity index (χ3n) is 5.36. The van der Waals surface area contributed by atoms with Gasteiger partial charge in [0.25, 0.3) is 0 Å². The summed E-state index contributed by atoms with van der Waals surface area (Å²) >= 11 is 0. The van der Waals surface area contributed by atoms with Crippen LogP contribution in [-0.4, -0.2) is 48.3 Å². The van der Waals surface area contributed by atoms with E-state index in [4.69, 9.17) is 4.74 Å². The summed E-state index contributed by atoms with van der Waals surface area (Å²) in [6, 6.07) is 1.28. The van der Waals surface area contributed by atoms with E-state index in [1.807, 2.05) is 0 Å². The first-order valence-electron chi connectivity index (χ1n) is 8.75. The van der Waals surface area contributed by atoms with Crippen molar-refractivity contribution in [2.24, 2.45) is 11.8 Å². The van der Waals surface area contributed by atoms with E-state index < -0.39 is 0 Å². The molecule has 1 aliphatic heterocycles. The Morgan fingerprint density at radius 1 is 1.05 bits per heavy atom.